The highest BCUT2D eigenvalue weighted by Crippen LogP contribution is 2.34. The van der Waals surface area contributed by atoms with Gasteiger partial charge in [-0.1, -0.05) is 67.6 Å². The molecular formula is C31H31N3O5. The van der Waals surface area contributed by atoms with Crippen molar-refractivity contribution in [3.63, 3.8) is 0 Å². The maximum absolute atomic E-state index is 13.3. The van der Waals surface area contributed by atoms with Crippen molar-refractivity contribution in [2.75, 3.05) is 25.2 Å². The minimum atomic E-state index is -0.630. The van der Waals surface area contributed by atoms with Crippen molar-refractivity contribution < 1.29 is 23.9 Å². The molecule has 8 heteroatoms. The number of amides is 2. The molecule has 0 aromatic heterocycles. The number of rotatable bonds is 8. The predicted octanol–water partition coefficient (Wildman–Crippen LogP) is 4.53. The van der Waals surface area contributed by atoms with Crippen molar-refractivity contribution >= 4 is 29.2 Å². The van der Waals surface area contributed by atoms with E-state index in [2.05, 4.69) is 5.10 Å². The monoisotopic (exact) mass is 525 g/mol. The van der Waals surface area contributed by atoms with Gasteiger partial charge in [0.2, 0.25) is 5.91 Å². The zero-order chi connectivity index (χ0) is 27.4. The summed E-state index contributed by atoms with van der Waals surface area (Å²) in [7, 11) is 1.60. The van der Waals surface area contributed by atoms with Crippen LogP contribution in [0.15, 0.2) is 84.0 Å². The van der Waals surface area contributed by atoms with Crippen LogP contribution in [0.3, 0.4) is 0 Å². The highest BCUT2D eigenvalue weighted by atomic mass is 16.5. The van der Waals surface area contributed by atoms with Gasteiger partial charge in [0, 0.05) is 25.1 Å². The van der Waals surface area contributed by atoms with E-state index in [4.69, 9.17) is 9.47 Å². The van der Waals surface area contributed by atoms with Gasteiger partial charge in [0.15, 0.2) is 6.61 Å². The summed E-state index contributed by atoms with van der Waals surface area (Å²) in [6, 6.07) is 24.5. The Kier molecular flexibility index (Phi) is 7.72. The molecule has 2 aliphatic rings. The van der Waals surface area contributed by atoms with Gasteiger partial charge < -0.3 is 14.4 Å². The number of ether oxygens (including phenoxy) is 2. The number of hydrogen-bond acceptors (Lipinski definition) is 6. The lowest BCUT2D eigenvalue weighted by atomic mass is 9.98. The van der Waals surface area contributed by atoms with E-state index < -0.39 is 24.4 Å². The molecule has 2 aliphatic heterocycles. The van der Waals surface area contributed by atoms with Gasteiger partial charge in [0.25, 0.3) is 5.91 Å². The quantitative estimate of drug-likeness (QED) is 0.403. The number of hydrogen-bond donors (Lipinski definition) is 0. The van der Waals surface area contributed by atoms with Crippen LogP contribution in [0.25, 0.3) is 0 Å². The average molecular weight is 526 g/mol. The van der Waals surface area contributed by atoms with Gasteiger partial charge in [0.1, 0.15) is 5.75 Å². The highest BCUT2D eigenvalue weighted by molar-refractivity contribution is 6.03. The molecule has 8 nitrogen and oxygen atoms in total. The van der Waals surface area contributed by atoms with E-state index in [9.17, 15) is 14.4 Å². The third-order valence-electron chi connectivity index (χ3n) is 7.23. The molecule has 200 valence electrons. The minimum Gasteiger partial charge on any atom is -0.497 e. The fourth-order valence-electron chi connectivity index (χ4n) is 5.12. The lowest BCUT2D eigenvalue weighted by Crippen LogP contribution is -2.33. The Bertz CT molecular complexity index is 1390. The number of carbonyl (C=O) groups is 3. The van der Waals surface area contributed by atoms with Crippen LogP contribution in [-0.2, 0) is 25.5 Å². The van der Waals surface area contributed by atoms with Gasteiger partial charge in [-0.05, 0) is 41.3 Å². The van der Waals surface area contributed by atoms with Crippen LogP contribution in [0, 0.1) is 5.92 Å². The van der Waals surface area contributed by atoms with E-state index in [1.807, 2.05) is 85.8 Å². The van der Waals surface area contributed by atoms with Crippen molar-refractivity contribution in [1.29, 1.82) is 0 Å². The highest BCUT2D eigenvalue weighted by Gasteiger charge is 2.38. The van der Waals surface area contributed by atoms with Gasteiger partial charge in [-0.2, -0.15) is 5.10 Å². The van der Waals surface area contributed by atoms with Crippen molar-refractivity contribution in [3.8, 4) is 5.75 Å². The molecule has 0 spiro atoms. The number of aryl methyl sites for hydroxylation is 1. The van der Waals surface area contributed by atoms with Crippen LogP contribution < -0.4 is 9.64 Å². The molecule has 0 aliphatic carbocycles. The molecular weight excluding hydrogens is 494 g/mol. The molecule has 5 rings (SSSR count). The molecule has 1 saturated heterocycles. The zero-order valence-corrected chi connectivity index (χ0v) is 22.1. The molecule has 1 fully saturated rings. The summed E-state index contributed by atoms with van der Waals surface area (Å²) >= 11 is 0. The third kappa shape index (κ3) is 5.55. The summed E-state index contributed by atoms with van der Waals surface area (Å²) in [6.07, 6.45) is 1.36. The lowest BCUT2D eigenvalue weighted by molar-refractivity contribution is -0.155. The molecule has 3 aromatic rings. The Balaban J connectivity index is 1.28. The Morgan fingerprint density at radius 1 is 0.949 bits per heavy atom. The van der Waals surface area contributed by atoms with E-state index in [0.717, 1.165) is 40.3 Å². The van der Waals surface area contributed by atoms with Crippen LogP contribution in [-0.4, -0.2) is 48.8 Å². The molecule has 0 bridgehead atoms. The molecule has 2 atom stereocenters. The summed E-state index contributed by atoms with van der Waals surface area (Å²) in [4.78, 5) is 40.6. The Morgan fingerprint density at radius 2 is 1.67 bits per heavy atom. The van der Waals surface area contributed by atoms with Crippen LogP contribution in [0.1, 0.15) is 42.5 Å². The summed E-state index contributed by atoms with van der Waals surface area (Å²) in [5.74, 6) is -1.02. The zero-order valence-electron chi connectivity index (χ0n) is 22.1. The summed E-state index contributed by atoms with van der Waals surface area (Å²) in [5, 5.41) is 6.04. The average Bonchev–Trinajstić information content (AvgIpc) is 3.60. The Hall–Kier alpha value is -4.46. The maximum atomic E-state index is 13.3. The van der Waals surface area contributed by atoms with Crippen LogP contribution >= 0.6 is 0 Å². The molecule has 2 heterocycles. The SMILES string of the molecule is CCc1ccccc1N1CC(C(=O)OCC(=O)N2N=C(c3ccccc3)CC2c2ccc(OC)cc2)CC1=O. The number of para-hydroxylation sites is 1. The minimum absolute atomic E-state index is 0.0551. The van der Waals surface area contributed by atoms with Crippen molar-refractivity contribution in [1.82, 2.24) is 5.01 Å². The van der Waals surface area contributed by atoms with Crippen molar-refractivity contribution in [2.45, 2.75) is 32.2 Å². The first kappa shape index (κ1) is 26.2. The number of hydrazone groups is 1. The third-order valence-corrected chi connectivity index (χ3v) is 7.23. The summed E-state index contributed by atoms with van der Waals surface area (Å²) in [6.45, 7) is 1.81. The largest absolute Gasteiger partial charge is 0.497 e. The number of esters is 1. The van der Waals surface area contributed by atoms with Crippen LogP contribution in [0.5, 0.6) is 5.75 Å². The second-order valence-corrected chi connectivity index (χ2v) is 9.64. The summed E-state index contributed by atoms with van der Waals surface area (Å²) < 4.78 is 10.7. The Morgan fingerprint density at radius 3 is 2.38 bits per heavy atom. The number of carbonyl (C=O) groups excluding carboxylic acids is 3. The lowest BCUT2D eigenvalue weighted by Gasteiger charge is -2.22. The van der Waals surface area contributed by atoms with Gasteiger partial charge in [-0.3, -0.25) is 14.4 Å². The molecule has 2 amide bonds. The molecule has 0 radical (unpaired) electrons. The molecule has 0 N–H and O–H groups in total. The molecule has 0 saturated carbocycles. The number of methoxy groups -OCH3 is 1. The van der Waals surface area contributed by atoms with E-state index in [1.165, 1.54) is 5.01 Å². The van der Waals surface area contributed by atoms with Crippen molar-refractivity contribution in [3.05, 3.63) is 95.6 Å². The standard InChI is InChI=1S/C31H31N3O5/c1-3-21-9-7-8-12-27(21)33-19-24(17-29(33)35)31(37)39-20-30(36)34-28(23-13-15-25(38-2)16-14-23)18-26(32-34)22-10-5-4-6-11-22/h4-16,24,28H,3,17-20H2,1-2H3. The van der Waals surface area contributed by atoms with E-state index >= 15 is 0 Å². The van der Waals surface area contributed by atoms with Gasteiger partial charge >= 0.3 is 5.97 Å². The number of benzene rings is 3. The topological polar surface area (TPSA) is 88.5 Å². The second-order valence-electron chi connectivity index (χ2n) is 9.64. The van der Waals surface area contributed by atoms with Crippen LogP contribution in [0.4, 0.5) is 5.69 Å². The van der Waals surface area contributed by atoms with Crippen molar-refractivity contribution in [2.24, 2.45) is 11.0 Å². The van der Waals surface area contributed by atoms with E-state index in [-0.39, 0.29) is 24.9 Å². The first-order valence-electron chi connectivity index (χ1n) is 13.1. The molecule has 39 heavy (non-hydrogen) atoms. The maximum Gasteiger partial charge on any atom is 0.311 e. The van der Waals surface area contributed by atoms with Crippen LogP contribution in [0.2, 0.25) is 0 Å². The second kappa shape index (κ2) is 11.5. The fraction of sp³-hybridized carbons (Fsp3) is 0.290. The smallest absolute Gasteiger partial charge is 0.311 e. The first-order chi connectivity index (χ1) is 19.0. The van der Waals surface area contributed by atoms with E-state index in [1.54, 1.807) is 12.0 Å². The molecule has 3 aromatic carbocycles. The Labute approximate surface area is 227 Å². The molecule has 2 unspecified atom stereocenters. The van der Waals surface area contributed by atoms with E-state index in [0.29, 0.717) is 6.42 Å². The predicted molar refractivity (Wildman–Crippen MR) is 147 cm³/mol. The summed E-state index contributed by atoms with van der Waals surface area (Å²) in [5.41, 5.74) is 4.47. The van der Waals surface area contributed by atoms with Gasteiger partial charge in [0.05, 0.1) is 24.8 Å². The first-order valence-corrected chi connectivity index (χ1v) is 13.1. The van der Waals surface area contributed by atoms with Gasteiger partial charge in [-0.25, -0.2) is 5.01 Å². The number of anilines is 1. The van der Waals surface area contributed by atoms with Gasteiger partial charge in [-0.15, -0.1) is 0 Å². The normalized spacial score (nSPS) is 18.7. The number of nitrogens with zero attached hydrogens (tertiary/aromatic N) is 3. The fourth-order valence-corrected chi connectivity index (χ4v) is 5.12.